The number of hydrogen-bond acceptors (Lipinski definition) is 2. The number of piperidine rings is 1. The third-order valence-corrected chi connectivity index (χ3v) is 4.97. The third-order valence-electron chi connectivity index (χ3n) is 4.97. The van der Waals surface area contributed by atoms with Crippen LogP contribution in [0, 0.1) is 5.82 Å². The Labute approximate surface area is 127 Å². The highest BCUT2D eigenvalue weighted by atomic mass is 35.5. The monoisotopic (exact) mass is 298 g/mol. The number of rotatable bonds is 1. The molecule has 0 aromatic heterocycles. The van der Waals surface area contributed by atoms with Crippen LogP contribution in [0.2, 0.25) is 0 Å². The van der Waals surface area contributed by atoms with Crippen molar-refractivity contribution < 1.29 is 4.39 Å². The van der Waals surface area contributed by atoms with Crippen molar-refractivity contribution in [2.75, 3.05) is 31.6 Å². The van der Waals surface area contributed by atoms with Gasteiger partial charge >= 0.3 is 0 Å². The van der Waals surface area contributed by atoms with Crippen molar-refractivity contribution in [2.45, 2.75) is 38.1 Å². The smallest absolute Gasteiger partial charge is 0.146 e. The van der Waals surface area contributed by atoms with Crippen molar-refractivity contribution in [2.24, 2.45) is 0 Å². The van der Waals surface area contributed by atoms with Gasteiger partial charge in [-0.2, -0.15) is 0 Å². The van der Waals surface area contributed by atoms with Gasteiger partial charge in [0.25, 0.3) is 0 Å². The fraction of sp³-hybridized carbons (Fsp3) is 0.625. The lowest BCUT2D eigenvalue weighted by Gasteiger charge is -2.41. The lowest BCUT2D eigenvalue weighted by molar-refractivity contribution is 0.135. The van der Waals surface area contributed by atoms with E-state index < -0.39 is 0 Å². The molecule has 2 heterocycles. The average Bonchev–Trinajstić information content (AvgIpc) is 2.64. The lowest BCUT2D eigenvalue weighted by atomic mass is 9.74. The molecule has 4 heteroatoms. The summed E-state index contributed by atoms with van der Waals surface area (Å²) >= 11 is 0. The van der Waals surface area contributed by atoms with Crippen molar-refractivity contribution >= 4 is 18.1 Å². The molecule has 112 valence electrons. The molecular formula is C16H24ClFN2. The molecular weight excluding hydrogens is 275 g/mol. The Balaban J connectivity index is 0.00000147. The van der Waals surface area contributed by atoms with Crippen LogP contribution in [0.4, 0.5) is 10.1 Å². The largest absolute Gasteiger partial charge is 0.371 e. The molecule has 2 aliphatic heterocycles. The normalized spacial score (nSPS) is 21.1. The molecule has 20 heavy (non-hydrogen) atoms. The standard InChI is InChI=1S/C16H23FN2.ClH/c1-12(2)19-9-7-16(8-10-19)11-18(3)15-13(16)5-4-6-14(15)17;/h4-6,12H,7-11H2,1-3H3;1H. The summed E-state index contributed by atoms with van der Waals surface area (Å²) in [6, 6.07) is 6.19. The van der Waals surface area contributed by atoms with E-state index in [0.717, 1.165) is 38.2 Å². The minimum absolute atomic E-state index is 0. The van der Waals surface area contributed by atoms with Gasteiger partial charge in [-0.15, -0.1) is 12.4 Å². The molecule has 2 aliphatic rings. The van der Waals surface area contributed by atoms with Gasteiger partial charge in [0.1, 0.15) is 5.82 Å². The summed E-state index contributed by atoms with van der Waals surface area (Å²) in [6.45, 7) is 7.73. The third kappa shape index (κ3) is 2.31. The highest BCUT2D eigenvalue weighted by Gasteiger charge is 2.44. The summed E-state index contributed by atoms with van der Waals surface area (Å²) < 4.78 is 14.0. The molecule has 0 unspecified atom stereocenters. The molecule has 1 aromatic rings. The van der Waals surface area contributed by atoms with Gasteiger partial charge in [0.05, 0.1) is 5.69 Å². The number of nitrogens with zero attached hydrogens (tertiary/aromatic N) is 2. The zero-order chi connectivity index (χ0) is 13.6. The molecule has 0 atom stereocenters. The van der Waals surface area contributed by atoms with Crippen LogP contribution >= 0.6 is 12.4 Å². The van der Waals surface area contributed by atoms with E-state index in [1.54, 1.807) is 6.07 Å². The van der Waals surface area contributed by atoms with E-state index in [1.807, 2.05) is 13.1 Å². The van der Waals surface area contributed by atoms with E-state index in [4.69, 9.17) is 0 Å². The first-order valence-electron chi connectivity index (χ1n) is 7.28. The van der Waals surface area contributed by atoms with E-state index in [9.17, 15) is 4.39 Å². The second kappa shape index (κ2) is 5.53. The van der Waals surface area contributed by atoms with Crippen LogP contribution in [-0.4, -0.2) is 37.6 Å². The Morgan fingerprint density at radius 1 is 1.20 bits per heavy atom. The van der Waals surface area contributed by atoms with Crippen LogP contribution in [0.5, 0.6) is 0 Å². The number of para-hydroxylation sites is 1. The molecule has 1 saturated heterocycles. The van der Waals surface area contributed by atoms with Crippen molar-refractivity contribution in [1.82, 2.24) is 4.90 Å². The molecule has 0 saturated carbocycles. The minimum atomic E-state index is -0.0665. The second-order valence-electron chi connectivity index (χ2n) is 6.40. The average molecular weight is 299 g/mol. The van der Waals surface area contributed by atoms with Gasteiger partial charge in [-0.3, -0.25) is 0 Å². The summed E-state index contributed by atoms with van der Waals surface area (Å²) in [7, 11) is 2.02. The molecule has 1 spiro atoms. The Hall–Kier alpha value is -0.800. The van der Waals surface area contributed by atoms with Crippen molar-refractivity contribution in [3.8, 4) is 0 Å². The van der Waals surface area contributed by atoms with Gasteiger partial charge in [0, 0.05) is 25.0 Å². The summed E-state index contributed by atoms with van der Waals surface area (Å²) in [4.78, 5) is 4.64. The molecule has 0 N–H and O–H groups in total. The number of benzene rings is 1. The first-order chi connectivity index (χ1) is 9.03. The quantitative estimate of drug-likeness (QED) is 0.784. The molecule has 0 amide bonds. The molecule has 1 aromatic carbocycles. The zero-order valence-electron chi connectivity index (χ0n) is 12.5. The molecule has 1 fully saturated rings. The maximum Gasteiger partial charge on any atom is 0.146 e. The number of likely N-dealkylation sites (N-methyl/N-ethyl adjacent to an activating group) is 1. The van der Waals surface area contributed by atoms with Crippen molar-refractivity contribution in [3.63, 3.8) is 0 Å². The maximum absolute atomic E-state index is 14.0. The molecule has 3 rings (SSSR count). The highest BCUT2D eigenvalue weighted by molar-refractivity contribution is 5.85. The summed E-state index contributed by atoms with van der Waals surface area (Å²) in [5, 5.41) is 0. The number of anilines is 1. The Bertz CT molecular complexity index is 481. The molecule has 0 radical (unpaired) electrons. The summed E-state index contributed by atoms with van der Waals surface area (Å²) in [5.74, 6) is -0.0665. The van der Waals surface area contributed by atoms with Crippen LogP contribution in [0.1, 0.15) is 32.3 Å². The Morgan fingerprint density at radius 2 is 1.85 bits per heavy atom. The van der Waals surface area contributed by atoms with Gasteiger partial charge in [-0.1, -0.05) is 12.1 Å². The number of fused-ring (bicyclic) bond motifs is 2. The van der Waals surface area contributed by atoms with E-state index in [0.29, 0.717) is 6.04 Å². The van der Waals surface area contributed by atoms with Crippen molar-refractivity contribution in [1.29, 1.82) is 0 Å². The first kappa shape index (κ1) is 15.6. The number of likely N-dealkylation sites (tertiary alicyclic amines) is 1. The first-order valence-corrected chi connectivity index (χ1v) is 7.28. The van der Waals surface area contributed by atoms with Crippen LogP contribution in [0.25, 0.3) is 0 Å². The van der Waals surface area contributed by atoms with Crippen molar-refractivity contribution in [3.05, 3.63) is 29.6 Å². The maximum atomic E-state index is 14.0. The molecule has 2 nitrogen and oxygen atoms in total. The predicted octanol–water partition coefficient (Wildman–Crippen LogP) is 3.44. The fourth-order valence-corrected chi connectivity index (χ4v) is 3.85. The summed E-state index contributed by atoms with van der Waals surface area (Å²) in [5.41, 5.74) is 2.25. The predicted molar refractivity (Wildman–Crippen MR) is 84.5 cm³/mol. The topological polar surface area (TPSA) is 6.48 Å². The van der Waals surface area contributed by atoms with Gasteiger partial charge in [-0.05, 0) is 51.4 Å². The van der Waals surface area contributed by atoms with Crippen LogP contribution in [0.15, 0.2) is 18.2 Å². The second-order valence-corrected chi connectivity index (χ2v) is 6.40. The summed E-state index contributed by atoms with van der Waals surface area (Å²) in [6.07, 6.45) is 2.29. The highest BCUT2D eigenvalue weighted by Crippen LogP contribution is 2.47. The van der Waals surface area contributed by atoms with E-state index in [1.165, 1.54) is 5.56 Å². The van der Waals surface area contributed by atoms with Gasteiger partial charge in [-0.25, -0.2) is 4.39 Å². The van der Waals surface area contributed by atoms with E-state index in [-0.39, 0.29) is 23.6 Å². The van der Waals surface area contributed by atoms with Gasteiger partial charge in [0.15, 0.2) is 0 Å². The Kier molecular flexibility index (Phi) is 4.31. The Morgan fingerprint density at radius 3 is 2.45 bits per heavy atom. The van der Waals surface area contributed by atoms with Gasteiger partial charge in [0.2, 0.25) is 0 Å². The minimum Gasteiger partial charge on any atom is -0.371 e. The van der Waals surface area contributed by atoms with Gasteiger partial charge < -0.3 is 9.80 Å². The SMILES string of the molecule is CC(C)N1CCC2(CC1)CN(C)c1c(F)cccc12.Cl. The molecule has 0 aliphatic carbocycles. The fourth-order valence-electron chi connectivity index (χ4n) is 3.85. The molecule has 0 bridgehead atoms. The van der Waals surface area contributed by atoms with E-state index in [2.05, 4.69) is 29.7 Å². The lowest BCUT2D eigenvalue weighted by Crippen LogP contribution is -2.46. The van der Waals surface area contributed by atoms with Crippen LogP contribution < -0.4 is 4.90 Å². The van der Waals surface area contributed by atoms with E-state index >= 15 is 0 Å². The zero-order valence-corrected chi connectivity index (χ0v) is 13.3. The number of hydrogen-bond donors (Lipinski definition) is 0. The van der Waals surface area contributed by atoms with Crippen LogP contribution in [-0.2, 0) is 5.41 Å². The van der Waals surface area contributed by atoms with Crippen LogP contribution in [0.3, 0.4) is 0 Å². The number of halogens is 2.